The number of carbonyl (C=O) groups is 1. The third-order valence-electron chi connectivity index (χ3n) is 7.46. The Bertz CT molecular complexity index is 463. The average Bonchev–Trinajstić information content (AvgIpc) is 2.88. The molecule has 3 heteroatoms. The van der Waals surface area contributed by atoms with Gasteiger partial charge in [0, 0.05) is 13.1 Å². The maximum atomic E-state index is 12.2. The van der Waals surface area contributed by atoms with E-state index in [1.54, 1.807) is 0 Å². The van der Waals surface area contributed by atoms with Crippen LogP contribution in [-0.2, 0) is 0 Å². The van der Waals surface area contributed by atoms with Crippen molar-refractivity contribution < 1.29 is 4.79 Å². The third kappa shape index (κ3) is 27.6. The topological polar surface area (TPSA) is 41.1 Å². The number of allylic oxidation sites excluding steroid dienone is 2. The van der Waals surface area contributed by atoms with Crippen molar-refractivity contribution in [2.45, 2.75) is 175 Å². The highest BCUT2D eigenvalue weighted by Gasteiger charge is 2.10. The SMILES string of the molecule is CCCC/C=C/CCCCCCC(CCCCCCCCCCCCC)CNC(=O)NCCCCC. The fraction of sp³-hybridized carbons (Fsp3) is 0.909. The molecule has 0 fully saturated rings. The lowest BCUT2D eigenvalue weighted by Crippen LogP contribution is -2.38. The molecule has 0 heterocycles. The van der Waals surface area contributed by atoms with Gasteiger partial charge >= 0.3 is 6.03 Å². The molecule has 0 saturated heterocycles. The van der Waals surface area contributed by atoms with Crippen LogP contribution in [0.4, 0.5) is 4.79 Å². The number of rotatable bonds is 28. The Kier molecular flexibility index (Phi) is 29.4. The van der Waals surface area contributed by atoms with Crippen LogP contribution in [0.5, 0.6) is 0 Å². The van der Waals surface area contributed by atoms with E-state index in [9.17, 15) is 4.79 Å². The van der Waals surface area contributed by atoms with E-state index in [1.165, 1.54) is 148 Å². The number of urea groups is 1. The van der Waals surface area contributed by atoms with Gasteiger partial charge in [0.2, 0.25) is 0 Å². The van der Waals surface area contributed by atoms with Crippen LogP contribution in [-0.4, -0.2) is 19.1 Å². The minimum Gasteiger partial charge on any atom is -0.338 e. The van der Waals surface area contributed by atoms with Crippen LogP contribution in [0.1, 0.15) is 175 Å². The molecule has 0 rings (SSSR count). The molecule has 2 N–H and O–H groups in total. The standard InChI is InChI=1S/C33H66N2O/c1-4-7-10-12-14-16-18-20-22-24-26-29-32(31-35-33(36)34-30-27-9-6-3)28-25-23-21-19-17-15-13-11-8-5-2/h13,15,32H,4-12,14,16-31H2,1-3H3,(H2,34,35,36)/b15-13+. The molecule has 3 nitrogen and oxygen atoms in total. The second kappa shape index (κ2) is 30.2. The summed E-state index contributed by atoms with van der Waals surface area (Å²) >= 11 is 0. The monoisotopic (exact) mass is 507 g/mol. The van der Waals surface area contributed by atoms with Crippen molar-refractivity contribution in [2.24, 2.45) is 5.92 Å². The van der Waals surface area contributed by atoms with Crippen LogP contribution in [0, 0.1) is 5.92 Å². The molecular formula is C33H66N2O. The van der Waals surface area contributed by atoms with Gasteiger partial charge in [-0.3, -0.25) is 0 Å². The lowest BCUT2D eigenvalue weighted by atomic mass is 9.94. The van der Waals surface area contributed by atoms with Crippen molar-refractivity contribution in [3.05, 3.63) is 12.2 Å². The Hall–Kier alpha value is -0.990. The van der Waals surface area contributed by atoms with Crippen LogP contribution in [0.15, 0.2) is 12.2 Å². The first-order chi connectivity index (χ1) is 17.7. The number of nitrogens with one attached hydrogen (secondary N) is 2. The van der Waals surface area contributed by atoms with E-state index in [1.807, 2.05) is 0 Å². The molecule has 0 bridgehead atoms. The molecule has 1 atom stereocenters. The molecule has 0 aromatic rings. The molecule has 0 spiro atoms. The number of hydrogen-bond acceptors (Lipinski definition) is 1. The highest BCUT2D eigenvalue weighted by atomic mass is 16.2. The van der Waals surface area contributed by atoms with Crippen LogP contribution >= 0.6 is 0 Å². The molecule has 0 aliphatic rings. The summed E-state index contributed by atoms with van der Waals surface area (Å²) in [6.45, 7) is 8.39. The minimum atomic E-state index is 0.0323. The quantitative estimate of drug-likeness (QED) is 0.0803. The fourth-order valence-electron chi connectivity index (χ4n) is 4.93. The smallest absolute Gasteiger partial charge is 0.314 e. The van der Waals surface area contributed by atoms with Crippen molar-refractivity contribution in [1.82, 2.24) is 10.6 Å². The van der Waals surface area contributed by atoms with Gasteiger partial charge in [0.1, 0.15) is 0 Å². The Morgan fingerprint density at radius 2 is 0.972 bits per heavy atom. The molecule has 36 heavy (non-hydrogen) atoms. The molecule has 0 aromatic carbocycles. The predicted molar refractivity (Wildman–Crippen MR) is 162 cm³/mol. The fourth-order valence-corrected chi connectivity index (χ4v) is 4.93. The Balaban J connectivity index is 4.01. The summed E-state index contributed by atoms with van der Waals surface area (Å²) in [6.07, 6.45) is 36.5. The lowest BCUT2D eigenvalue weighted by molar-refractivity contribution is 0.237. The third-order valence-corrected chi connectivity index (χ3v) is 7.46. The molecule has 0 aliphatic carbocycles. The van der Waals surface area contributed by atoms with Crippen molar-refractivity contribution in [3.63, 3.8) is 0 Å². The van der Waals surface area contributed by atoms with Gasteiger partial charge in [0.25, 0.3) is 0 Å². The van der Waals surface area contributed by atoms with Gasteiger partial charge in [-0.1, -0.05) is 148 Å². The summed E-state index contributed by atoms with van der Waals surface area (Å²) in [4.78, 5) is 12.2. The van der Waals surface area contributed by atoms with Gasteiger partial charge in [0.05, 0.1) is 0 Å². The first-order valence-corrected chi connectivity index (χ1v) is 16.4. The van der Waals surface area contributed by atoms with E-state index >= 15 is 0 Å². The van der Waals surface area contributed by atoms with E-state index in [2.05, 4.69) is 43.6 Å². The van der Waals surface area contributed by atoms with Gasteiger partial charge in [-0.15, -0.1) is 0 Å². The van der Waals surface area contributed by atoms with Gasteiger partial charge < -0.3 is 10.6 Å². The van der Waals surface area contributed by atoms with Gasteiger partial charge in [-0.2, -0.15) is 0 Å². The summed E-state index contributed by atoms with van der Waals surface area (Å²) in [5.41, 5.74) is 0. The van der Waals surface area contributed by atoms with E-state index in [0.717, 1.165) is 19.5 Å². The van der Waals surface area contributed by atoms with E-state index in [0.29, 0.717) is 5.92 Å². The summed E-state index contributed by atoms with van der Waals surface area (Å²) in [5.74, 6) is 0.638. The molecule has 0 radical (unpaired) electrons. The molecular weight excluding hydrogens is 440 g/mol. The zero-order chi connectivity index (χ0) is 26.4. The van der Waals surface area contributed by atoms with Crippen LogP contribution in [0.3, 0.4) is 0 Å². The first-order valence-electron chi connectivity index (χ1n) is 16.4. The van der Waals surface area contributed by atoms with Crippen LogP contribution in [0.2, 0.25) is 0 Å². The number of hydrogen-bond donors (Lipinski definition) is 2. The zero-order valence-corrected chi connectivity index (χ0v) is 25.0. The van der Waals surface area contributed by atoms with E-state index in [4.69, 9.17) is 0 Å². The zero-order valence-electron chi connectivity index (χ0n) is 25.0. The maximum absolute atomic E-state index is 12.2. The molecule has 2 amide bonds. The van der Waals surface area contributed by atoms with Crippen molar-refractivity contribution in [1.29, 1.82) is 0 Å². The second-order valence-electron chi connectivity index (χ2n) is 11.1. The van der Waals surface area contributed by atoms with Gasteiger partial charge in [-0.25, -0.2) is 4.79 Å². The summed E-state index contributed by atoms with van der Waals surface area (Å²) in [7, 11) is 0. The summed E-state index contributed by atoms with van der Waals surface area (Å²) in [6, 6.07) is 0.0323. The summed E-state index contributed by atoms with van der Waals surface area (Å²) < 4.78 is 0. The Morgan fingerprint density at radius 3 is 1.53 bits per heavy atom. The van der Waals surface area contributed by atoms with Crippen molar-refractivity contribution >= 4 is 6.03 Å². The van der Waals surface area contributed by atoms with E-state index in [-0.39, 0.29) is 6.03 Å². The maximum Gasteiger partial charge on any atom is 0.314 e. The molecule has 214 valence electrons. The largest absolute Gasteiger partial charge is 0.338 e. The van der Waals surface area contributed by atoms with Crippen molar-refractivity contribution in [3.8, 4) is 0 Å². The first kappa shape index (κ1) is 35.0. The molecule has 0 aliphatic heterocycles. The summed E-state index contributed by atoms with van der Waals surface area (Å²) in [5, 5.41) is 6.21. The molecule has 0 saturated carbocycles. The molecule has 0 aromatic heterocycles. The Labute approximate surface area is 227 Å². The lowest BCUT2D eigenvalue weighted by Gasteiger charge is -2.18. The highest BCUT2D eigenvalue weighted by molar-refractivity contribution is 5.73. The van der Waals surface area contributed by atoms with Crippen LogP contribution in [0.25, 0.3) is 0 Å². The van der Waals surface area contributed by atoms with Gasteiger partial charge in [-0.05, 0) is 44.4 Å². The van der Waals surface area contributed by atoms with Crippen molar-refractivity contribution in [2.75, 3.05) is 13.1 Å². The highest BCUT2D eigenvalue weighted by Crippen LogP contribution is 2.19. The van der Waals surface area contributed by atoms with E-state index < -0.39 is 0 Å². The second-order valence-corrected chi connectivity index (χ2v) is 11.1. The number of carbonyl (C=O) groups excluding carboxylic acids is 1. The van der Waals surface area contributed by atoms with Crippen LogP contribution < -0.4 is 10.6 Å². The predicted octanol–water partition coefficient (Wildman–Crippen LogP) is 10.9. The minimum absolute atomic E-state index is 0.0323. The molecule has 1 unspecified atom stereocenters. The number of unbranched alkanes of at least 4 members (excludes halogenated alkanes) is 18. The average molecular weight is 507 g/mol. The number of amides is 2. The van der Waals surface area contributed by atoms with Gasteiger partial charge in [0.15, 0.2) is 0 Å². The normalized spacial score (nSPS) is 12.3. The Morgan fingerprint density at radius 1 is 0.528 bits per heavy atom.